The molecule has 0 radical (unpaired) electrons. The highest BCUT2D eigenvalue weighted by molar-refractivity contribution is 6.23. The number of nitriles is 2. The van der Waals surface area contributed by atoms with Gasteiger partial charge in [-0.2, -0.15) is 10.5 Å². The van der Waals surface area contributed by atoms with Crippen LogP contribution >= 0.6 is 0 Å². The van der Waals surface area contributed by atoms with E-state index in [4.69, 9.17) is 0 Å². The normalized spacial score (nSPS) is 11.4. The molecule has 0 unspecified atom stereocenters. The first-order valence-corrected chi connectivity index (χ1v) is 23.4. The summed E-state index contributed by atoms with van der Waals surface area (Å²) in [6, 6.07) is 89.5. The molecule has 0 bridgehead atoms. The van der Waals surface area contributed by atoms with Gasteiger partial charge in [-0.25, -0.2) is 0 Å². The summed E-state index contributed by atoms with van der Waals surface area (Å²) in [4.78, 5) is 4.55. The molecule has 0 aliphatic rings. The lowest BCUT2D eigenvalue weighted by atomic mass is 10.0. The van der Waals surface area contributed by atoms with E-state index in [9.17, 15) is 10.5 Å². The maximum atomic E-state index is 11.7. The highest BCUT2D eigenvalue weighted by Gasteiger charge is 2.26. The topological polar surface area (TPSA) is 63.9 Å². The summed E-state index contributed by atoms with van der Waals surface area (Å²) in [5.41, 5.74) is 11.9. The van der Waals surface area contributed by atoms with E-state index >= 15 is 0 Å². The van der Waals surface area contributed by atoms with Crippen molar-refractivity contribution < 1.29 is 0 Å². The molecule has 0 saturated heterocycles. The van der Waals surface area contributed by atoms with E-state index in [1.807, 2.05) is 36.4 Å². The Morgan fingerprint density at radius 2 is 0.714 bits per heavy atom. The van der Waals surface area contributed by atoms with Crippen molar-refractivity contribution in [1.82, 2.24) is 9.13 Å². The second kappa shape index (κ2) is 16.5. The first kappa shape index (κ1) is 40.4. The third-order valence-electron chi connectivity index (χ3n) is 13.7. The quantitative estimate of drug-likeness (QED) is 0.152. The third kappa shape index (κ3) is 6.33. The Hall–Kier alpha value is -9.88. The Balaban J connectivity index is 1.10. The van der Waals surface area contributed by atoms with E-state index in [-0.39, 0.29) is 0 Å². The van der Waals surface area contributed by atoms with Crippen molar-refractivity contribution >= 4 is 99.3 Å². The molecule has 0 N–H and O–H groups in total. The van der Waals surface area contributed by atoms with Crippen LogP contribution in [-0.2, 0) is 0 Å². The fraction of sp³-hybridized carbons (Fsp3) is 0. The molecule has 0 fully saturated rings. The van der Waals surface area contributed by atoms with Crippen LogP contribution in [0.25, 0.3) is 76.5 Å². The predicted molar refractivity (Wildman–Crippen MR) is 289 cm³/mol. The number of benzene rings is 11. The van der Waals surface area contributed by atoms with E-state index in [0.717, 1.165) is 99.3 Å². The minimum absolute atomic E-state index is 0.400. The Bertz CT molecular complexity index is 4180. The van der Waals surface area contributed by atoms with Gasteiger partial charge in [0.1, 0.15) is 17.7 Å². The number of aromatic nitrogens is 2. The second-order valence-corrected chi connectivity index (χ2v) is 17.5. The van der Waals surface area contributed by atoms with E-state index in [1.165, 1.54) is 0 Å². The average molecular weight is 893 g/mol. The zero-order valence-electron chi connectivity index (χ0n) is 37.8. The maximum Gasteiger partial charge on any atom is 0.104 e. The Morgan fingerprint density at radius 1 is 0.314 bits per heavy atom. The van der Waals surface area contributed by atoms with E-state index in [0.29, 0.717) is 22.5 Å². The van der Waals surface area contributed by atoms with Crippen LogP contribution in [0.2, 0.25) is 0 Å². The molecule has 0 saturated carbocycles. The van der Waals surface area contributed by atoms with Crippen LogP contribution in [-0.4, -0.2) is 9.13 Å². The van der Waals surface area contributed by atoms with Crippen LogP contribution < -0.4 is 9.80 Å². The van der Waals surface area contributed by atoms with Crippen LogP contribution in [0.1, 0.15) is 11.1 Å². The predicted octanol–water partition coefficient (Wildman–Crippen LogP) is 16.9. The molecular weight excluding hydrogens is 853 g/mol. The number of anilines is 6. The van der Waals surface area contributed by atoms with Crippen molar-refractivity contribution in [2.24, 2.45) is 0 Å². The van der Waals surface area contributed by atoms with Crippen LogP contribution in [0.4, 0.5) is 34.1 Å². The van der Waals surface area contributed by atoms with Gasteiger partial charge < -0.3 is 18.9 Å². The third-order valence-corrected chi connectivity index (χ3v) is 13.7. The zero-order valence-corrected chi connectivity index (χ0v) is 37.8. The van der Waals surface area contributed by atoms with Crippen molar-refractivity contribution in [2.75, 3.05) is 9.80 Å². The summed E-state index contributed by atoms with van der Waals surface area (Å²) in [6.45, 7) is 0. The monoisotopic (exact) mass is 892 g/mol. The lowest BCUT2D eigenvalue weighted by molar-refractivity contribution is 1.11. The average Bonchev–Trinajstić information content (AvgIpc) is 3.94. The fourth-order valence-electron chi connectivity index (χ4n) is 10.7. The first-order valence-electron chi connectivity index (χ1n) is 23.4. The summed E-state index contributed by atoms with van der Waals surface area (Å²) in [7, 11) is 0. The molecule has 0 aliphatic carbocycles. The fourth-order valence-corrected chi connectivity index (χ4v) is 10.7. The van der Waals surface area contributed by atoms with Gasteiger partial charge in [-0.15, -0.1) is 0 Å². The summed E-state index contributed by atoms with van der Waals surface area (Å²) in [5.74, 6) is 0. The molecule has 70 heavy (non-hydrogen) atoms. The summed E-state index contributed by atoms with van der Waals surface area (Å²) >= 11 is 0. The van der Waals surface area contributed by atoms with Crippen molar-refractivity contribution in [3.63, 3.8) is 0 Å². The summed E-state index contributed by atoms with van der Waals surface area (Å²) < 4.78 is 4.37. The molecule has 0 amide bonds. The number of hydrogen-bond donors (Lipinski definition) is 0. The smallest absolute Gasteiger partial charge is 0.104 e. The van der Waals surface area contributed by atoms with Gasteiger partial charge in [0.2, 0.25) is 0 Å². The van der Waals surface area contributed by atoms with Gasteiger partial charge in [0.15, 0.2) is 0 Å². The van der Waals surface area contributed by atoms with Crippen molar-refractivity contribution in [3.8, 4) is 23.5 Å². The number of rotatable bonds is 8. The molecule has 2 heterocycles. The highest BCUT2D eigenvalue weighted by Crippen LogP contribution is 2.46. The Labute approximate surface area is 404 Å². The van der Waals surface area contributed by atoms with Crippen LogP contribution in [0.15, 0.2) is 243 Å². The minimum atomic E-state index is 0.400. The molecule has 326 valence electrons. The number of para-hydroxylation sites is 4. The van der Waals surface area contributed by atoms with Gasteiger partial charge in [0.05, 0.1) is 39.0 Å². The number of hydrogen-bond acceptors (Lipinski definition) is 4. The molecule has 13 aromatic rings. The Kier molecular flexibility index (Phi) is 9.50. The number of nitrogens with zero attached hydrogens (tertiary/aromatic N) is 6. The lowest BCUT2D eigenvalue weighted by Gasteiger charge is -2.25. The second-order valence-electron chi connectivity index (χ2n) is 17.5. The largest absolute Gasteiger partial charge is 0.310 e. The van der Waals surface area contributed by atoms with Crippen LogP contribution in [0, 0.1) is 22.7 Å². The molecular formula is C64H40N6. The van der Waals surface area contributed by atoms with Crippen LogP contribution in [0.5, 0.6) is 0 Å². The van der Waals surface area contributed by atoms with E-state index in [2.05, 4.69) is 237 Å². The molecule has 11 aromatic carbocycles. The van der Waals surface area contributed by atoms with E-state index < -0.39 is 0 Å². The van der Waals surface area contributed by atoms with E-state index in [1.54, 1.807) is 0 Å². The minimum Gasteiger partial charge on any atom is -0.310 e. The van der Waals surface area contributed by atoms with Crippen molar-refractivity contribution in [3.05, 3.63) is 254 Å². The SMILES string of the molecule is N#Cc1ccc(-n2c3ccc(N(c4ccccc4)c4ccccc4)cc3c3c4ccccc4ccc32)c(C#N)c1-n1c2ccc(N(c3ccccc3)c3ccccc3)cc2c2c3ccccc3ccc21. The van der Waals surface area contributed by atoms with Gasteiger partial charge in [-0.3, -0.25) is 0 Å². The molecule has 13 rings (SSSR count). The van der Waals surface area contributed by atoms with Crippen LogP contribution in [0.3, 0.4) is 0 Å². The zero-order chi connectivity index (χ0) is 46.7. The molecule has 0 spiro atoms. The molecule has 0 atom stereocenters. The standard InChI is InChI=1S/C64H40N6/c65-41-45-31-34-59(69-57-37-32-50(67(46-19-5-1-6-20-46)47-21-7-2-8-22-47)39-54(57)62-52-27-15-13-17-43(52)29-35-60(62)69)56(42-66)64(45)70-58-38-33-51(68(48-23-9-3-10-24-48)49-25-11-4-12-26-49)40-55(58)63-53-28-16-14-18-44(53)30-36-61(63)70/h1-40H. The van der Waals surface area contributed by atoms with Gasteiger partial charge in [-0.1, -0.05) is 133 Å². The summed E-state index contributed by atoms with van der Waals surface area (Å²) in [6.07, 6.45) is 0. The van der Waals surface area contributed by atoms with Gasteiger partial charge in [0, 0.05) is 55.7 Å². The van der Waals surface area contributed by atoms with Crippen molar-refractivity contribution in [1.29, 1.82) is 10.5 Å². The molecule has 6 nitrogen and oxygen atoms in total. The maximum absolute atomic E-state index is 11.7. The van der Waals surface area contributed by atoms with Gasteiger partial charge >= 0.3 is 0 Å². The first-order chi connectivity index (χ1) is 34.7. The molecule has 0 aliphatic heterocycles. The summed E-state index contributed by atoms with van der Waals surface area (Å²) in [5, 5.41) is 31.4. The van der Waals surface area contributed by atoms with Gasteiger partial charge in [-0.05, 0) is 131 Å². The van der Waals surface area contributed by atoms with Gasteiger partial charge in [0.25, 0.3) is 0 Å². The van der Waals surface area contributed by atoms with Crippen molar-refractivity contribution in [2.45, 2.75) is 0 Å². The lowest BCUT2D eigenvalue weighted by Crippen LogP contribution is -2.10. The molecule has 6 heteroatoms. The number of fused-ring (bicyclic) bond motifs is 10. The highest BCUT2D eigenvalue weighted by atomic mass is 15.1. The molecule has 2 aromatic heterocycles. The Morgan fingerprint density at radius 3 is 1.16 bits per heavy atom.